The maximum atomic E-state index is 14.1. The predicted molar refractivity (Wildman–Crippen MR) is 66.7 cm³/mol. The monoisotopic (exact) mass is 236 g/mol. The molecular formula is C9H25FN2Si2. The molecule has 0 aliphatic heterocycles. The first-order valence-corrected chi connectivity index (χ1v) is 11.4. The van der Waals surface area contributed by atoms with Gasteiger partial charge in [0.1, 0.15) is 8.24 Å². The maximum Gasteiger partial charge on any atom is 0.322 e. The highest BCUT2D eigenvalue weighted by molar-refractivity contribution is 6.86. The van der Waals surface area contributed by atoms with Crippen molar-refractivity contribution in [3.8, 4) is 0 Å². The molecule has 0 rings (SSSR count). The van der Waals surface area contributed by atoms with E-state index in [1.54, 1.807) is 13.1 Å². The number of halogens is 1. The SMILES string of the molecule is CC(C)(C)NN([Si](C)(C)C)[Si](C)(C)F. The zero-order valence-electron chi connectivity index (χ0n) is 10.8. The first kappa shape index (κ1) is 14.3. The molecule has 0 amide bonds. The van der Waals surface area contributed by atoms with Crippen LogP contribution in [0.25, 0.3) is 0 Å². The second-order valence-electron chi connectivity index (χ2n) is 6.28. The van der Waals surface area contributed by atoms with Crippen molar-refractivity contribution in [1.82, 2.24) is 9.77 Å². The maximum absolute atomic E-state index is 14.1. The Labute approximate surface area is 90.2 Å². The van der Waals surface area contributed by atoms with Gasteiger partial charge >= 0.3 is 8.57 Å². The Morgan fingerprint density at radius 2 is 1.36 bits per heavy atom. The third-order valence-electron chi connectivity index (χ3n) is 1.65. The molecule has 0 bridgehead atoms. The van der Waals surface area contributed by atoms with Gasteiger partial charge in [0.25, 0.3) is 0 Å². The summed E-state index contributed by atoms with van der Waals surface area (Å²) < 4.78 is 16.1. The third-order valence-corrected chi connectivity index (χ3v) is 7.89. The number of hydrogen-bond acceptors (Lipinski definition) is 2. The molecule has 0 aromatic carbocycles. The van der Waals surface area contributed by atoms with Crippen LogP contribution in [0.3, 0.4) is 0 Å². The van der Waals surface area contributed by atoms with E-state index in [0.717, 1.165) is 0 Å². The van der Waals surface area contributed by atoms with Crippen LogP contribution >= 0.6 is 0 Å². The lowest BCUT2D eigenvalue weighted by Crippen LogP contribution is -2.68. The van der Waals surface area contributed by atoms with Crippen molar-refractivity contribution in [2.45, 2.75) is 59.0 Å². The van der Waals surface area contributed by atoms with E-state index in [1.807, 2.05) is 4.34 Å². The van der Waals surface area contributed by atoms with E-state index in [-0.39, 0.29) is 5.54 Å². The van der Waals surface area contributed by atoms with E-state index >= 15 is 0 Å². The highest BCUT2D eigenvalue weighted by Crippen LogP contribution is 2.20. The average Bonchev–Trinajstić information content (AvgIpc) is 1.75. The van der Waals surface area contributed by atoms with Gasteiger partial charge in [0.15, 0.2) is 0 Å². The molecule has 0 fully saturated rings. The van der Waals surface area contributed by atoms with Crippen molar-refractivity contribution in [1.29, 1.82) is 0 Å². The van der Waals surface area contributed by atoms with Crippen LogP contribution in [0.2, 0.25) is 32.7 Å². The Bertz CT molecular complexity index is 174. The van der Waals surface area contributed by atoms with Crippen molar-refractivity contribution in [2.24, 2.45) is 0 Å². The Hall–Kier alpha value is 0.284. The lowest BCUT2D eigenvalue weighted by Gasteiger charge is -2.44. The molecule has 14 heavy (non-hydrogen) atoms. The van der Waals surface area contributed by atoms with Gasteiger partial charge in [-0.15, -0.1) is 0 Å². The van der Waals surface area contributed by atoms with Gasteiger partial charge in [0, 0.05) is 5.54 Å². The zero-order chi connectivity index (χ0) is 11.8. The van der Waals surface area contributed by atoms with E-state index in [1.165, 1.54) is 0 Å². The normalized spacial score (nSPS) is 15.0. The van der Waals surface area contributed by atoms with Gasteiger partial charge in [-0.1, -0.05) is 19.6 Å². The fourth-order valence-electron chi connectivity index (χ4n) is 1.43. The summed E-state index contributed by atoms with van der Waals surface area (Å²) in [6.07, 6.45) is 0. The second kappa shape index (κ2) is 4.04. The molecule has 0 atom stereocenters. The molecule has 5 heteroatoms. The molecule has 0 saturated carbocycles. The smallest absolute Gasteiger partial charge is 0.293 e. The largest absolute Gasteiger partial charge is 0.322 e. The summed E-state index contributed by atoms with van der Waals surface area (Å²) in [6.45, 7) is 16.2. The van der Waals surface area contributed by atoms with E-state index in [0.29, 0.717) is 0 Å². The Morgan fingerprint density at radius 1 is 1.00 bits per heavy atom. The van der Waals surface area contributed by atoms with Crippen LogP contribution in [0, 0.1) is 0 Å². The van der Waals surface area contributed by atoms with Crippen molar-refractivity contribution in [2.75, 3.05) is 0 Å². The van der Waals surface area contributed by atoms with Crippen LogP contribution in [-0.2, 0) is 0 Å². The van der Waals surface area contributed by atoms with E-state index in [4.69, 9.17) is 0 Å². The molecule has 1 N–H and O–H groups in total. The van der Waals surface area contributed by atoms with Crippen LogP contribution in [0.1, 0.15) is 20.8 Å². The van der Waals surface area contributed by atoms with Gasteiger partial charge in [0.2, 0.25) is 0 Å². The number of hydrazine groups is 1. The van der Waals surface area contributed by atoms with E-state index in [2.05, 4.69) is 45.8 Å². The summed E-state index contributed by atoms with van der Waals surface area (Å²) in [4.78, 5) is 0. The first-order valence-electron chi connectivity index (χ1n) is 5.11. The Balaban J connectivity index is 4.78. The Morgan fingerprint density at radius 3 is 1.43 bits per heavy atom. The van der Waals surface area contributed by atoms with Gasteiger partial charge in [-0.25, -0.2) is 0 Å². The lowest BCUT2D eigenvalue weighted by molar-refractivity contribution is 0.286. The molecule has 86 valence electrons. The molecule has 0 spiro atoms. The van der Waals surface area contributed by atoms with Crippen molar-refractivity contribution in [3.63, 3.8) is 0 Å². The molecule has 0 unspecified atom stereocenters. The van der Waals surface area contributed by atoms with Crippen molar-refractivity contribution in [3.05, 3.63) is 0 Å². The summed E-state index contributed by atoms with van der Waals surface area (Å²) in [7, 11) is -4.37. The van der Waals surface area contributed by atoms with E-state index < -0.39 is 16.8 Å². The van der Waals surface area contributed by atoms with Gasteiger partial charge in [-0.2, -0.15) is 0 Å². The van der Waals surface area contributed by atoms with Crippen molar-refractivity contribution >= 4 is 16.8 Å². The number of nitrogens with zero attached hydrogens (tertiary/aromatic N) is 1. The van der Waals surface area contributed by atoms with E-state index in [9.17, 15) is 4.11 Å². The summed E-state index contributed by atoms with van der Waals surface area (Å²) in [6, 6.07) is 0. The standard InChI is InChI=1S/C9H25FN2Si2/c1-9(2,3)11-12(13(4,5)6)14(7,8)10/h11H,1-8H3. The molecule has 0 heterocycles. The van der Waals surface area contributed by atoms with Crippen molar-refractivity contribution < 1.29 is 4.11 Å². The first-order chi connectivity index (χ1) is 5.84. The molecule has 0 aromatic heterocycles. The highest BCUT2D eigenvalue weighted by atomic mass is 28.4. The topological polar surface area (TPSA) is 15.3 Å². The number of rotatable bonds is 3. The summed E-state index contributed by atoms with van der Waals surface area (Å²) >= 11 is 0. The van der Waals surface area contributed by atoms with Crippen LogP contribution in [0.5, 0.6) is 0 Å². The van der Waals surface area contributed by atoms with Crippen LogP contribution in [0.4, 0.5) is 4.11 Å². The van der Waals surface area contributed by atoms with Crippen LogP contribution in [0.15, 0.2) is 0 Å². The molecule has 0 radical (unpaired) electrons. The van der Waals surface area contributed by atoms with Gasteiger partial charge in [-0.3, -0.25) is 13.9 Å². The summed E-state index contributed by atoms with van der Waals surface area (Å²) in [5.41, 5.74) is 3.26. The molecule has 0 aliphatic carbocycles. The minimum Gasteiger partial charge on any atom is -0.293 e. The molecule has 0 aliphatic rings. The van der Waals surface area contributed by atoms with Gasteiger partial charge in [-0.05, 0) is 33.9 Å². The molecular weight excluding hydrogens is 211 g/mol. The van der Waals surface area contributed by atoms with Crippen LogP contribution in [-0.4, -0.2) is 26.7 Å². The average molecular weight is 236 g/mol. The molecule has 2 nitrogen and oxygen atoms in total. The second-order valence-corrected chi connectivity index (χ2v) is 14.8. The number of hydrogen-bond donors (Lipinski definition) is 1. The molecule has 0 saturated heterocycles. The molecule has 0 aromatic rings. The summed E-state index contributed by atoms with van der Waals surface area (Å²) in [5.74, 6) is 0. The third kappa shape index (κ3) is 5.24. The zero-order valence-corrected chi connectivity index (χ0v) is 12.8. The number of nitrogens with one attached hydrogen (secondary N) is 1. The minimum absolute atomic E-state index is 0.0589. The fourth-order valence-corrected chi connectivity index (χ4v) is 9.09. The fraction of sp³-hybridized carbons (Fsp3) is 1.00. The minimum atomic E-state index is -2.75. The van der Waals surface area contributed by atoms with Gasteiger partial charge < -0.3 is 0 Å². The van der Waals surface area contributed by atoms with Gasteiger partial charge in [0.05, 0.1) is 0 Å². The van der Waals surface area contributed by atoms with Crippen LogP contribution < -0.4 is 5.43 Å². The quantitative estimate of drug-likeness (QED) is 0.460. The predicted octanol–water partition coefficient (Wildman–Crippen LogP) is 3.10. The highest BCUT2D eigenvalue weighted by Gasteiger charge is 2.40. The summed E-state index contributed by atoms with van der Waals surface area (Å²) in [5, 5.41) is 0. The lowest BCUT2D eigenvalue weighted by atomic mass is 10.1. The Kier molecular flexibility index (Phi) is 4.12.